The molecule has 6 nitrogen and oxygen atoms in total. The zero-order valence-corrected chi connectivity index (χ0v) is 13.6. The van der Waals surface area contributed by atoms with Crippen LogP contribution >= 0.6 is 0 Å². The monoisotopic (exact) mass is 319 g/mol. The zero-order chi connectivity index (χ0) is 16.0. The number of carbonyl (C=O) groups excluding carboxylic acids is 1. The molecule has 0 spiro atoms. The highest BCUT2D eigenvalue weighted by atomic mass is 16.6. The van der Waals surface area contributed by atoms with E-state index < -0.39 is 0 Å². The molecule has 3 aliphatic carbocycles. The van der Waals surface area contributed by atoms with Crippen LogP contribution in [-0.2, 0) is 11.8 Å². The first-order chi connectivity index (χ1) is 11.1. The van der Waals surface area contributed by atoms with E-state index in [1.54, 1.807) is 4.68 Å². The second-order valence-corrected chi connectivity index (χ2v) is 7.30. The van der Waals surface area contributed by atoms with Crippen LogP contribution in [0, 0.1) is 0 Å². The molecule has 23 heavy (non-hydrogen) atoms. The van der Waals surface area contributed by atoms with Crippen molar-refractivity contribution in [2.45, 2.75) is 75.4 Å². The fraction of sp³-hybridized carbons (Fsp3) is 0.765. The summed E-state index contributed by atoms with van der Waals surface area (Å²) in [6, 6.07) is 0. The van der Waals surface area contributed by atoms with E-state index in [0.29, 0.717) is 11.8 Å². The van der Waals surface area contributed by atoms with Crippen LogP contribution < -0.4 is 5.32 Å². The minimum absolute atomic E-state index is 0.0802. The number of aliphatic hydroxyl groups excluding tert-OH is 1. The number of hydrogen-bond acceptors (Lipinski definition) is 4. The molecule has 6 heteroatoms. The Balaban J connectivity index is 1.55. The molecule has 3 fully saturated rings. The Morgan fingerprint density at radius 1 is 1.22 bits per heavy atom. The maximum Gasteiger partial charge on any atom is 0.413 e. The van der Waals surface area contributed by atoms with Gasteiger partial charge in [-0.05, 0) is 50.9 Å². The largest absolute Gasteiger partial charge is 0.446 e. The number of aliphatic hydroxyl groups is 1. The van der Waals surface area contributed by atoms with Crippen molar-refractivity contribution in [3.8, 4) is 0 Å². The van der Waals surface area contributed by atoms with Crippen LogP contribution in [0.25, 0.3) is 0 Å². The minimum Gasteiger partial charge on any atom is -0.446 e. The molecule has 3 aliphatic rings. The number of aryl methyl sites for hydroxylation is 1. The van der Waals surface area contributed by atoms with Gasteiger partial charge < -0.3 is 9.84 Å². The lowest BCUT2D eigenvalue weighted by Crippen LogP contribution is -2.29. The third-order valence-corrected chi connectivity index (χ3v) is 5.67. The third kappa shape index (κ3) is 2.73. The summed E-state index contributed by atoms with van der Waals surface area (Å²) >= 11 is 0. The van der Waals surface area contributed by atoms with Crippen molar-refractivity contribution in [2.75, 3.05) is 5.32 Å². The van der Waals surface area contributed by atoms with E-state index in [2.05, 4.69) is 10.4 Å². The highest BCUT2D eigenvalue weighted by Gasteiger charge is 2.38. The predicted octanol–water partition coefficient (Wildman–Crippen LogP) is 3.03. The van der Waals surface area contributed by atoms with Gasteiger partial charge in [-0.15, -0.1) is 0 Å². The number of rotatable bonds is 4. The lowest BCUT2D eigenvalue weighted by atomic mass is 9.73. The summed E-state index contributed by atoms with van der Waals surface area (Å²) in [5.41, 5.74) is 2.25. The Hall–Kier alpha value is -1.56. The molecule has 2 N–H and O–H groups in total. The molecule has 1 aromatic rings. The van der Waals surface area contributed by atoms with Gasteiger partial charge in [-0.3, -0.25) is 10.00 Å². The Labute approximate surface area is 136 Å². The maximum absolute atomic E-state index is 12.1. The predicted molar refractivity (Wildman–Crippen MR) is 85.5 cm³/mol. The zero-order valence-electron chi connectivity index (χ0n) is 13.6. The fourth-order valence-corrected chi connectivity index (χ4v) is 3.69. The molecular weight excluding hydrogens is 294 g/mol. The summed E-state index contributed by atoms with van der Waals surface area (Å²) in [7, 11) is 1.87. The number of nitrogens with one attached hydrogen (secondary N) is 1. The van der Waals surface area contributed by atoms with Crippen molar-refractivity contribution in [3.05, 3.63) is 11.3 Å². The summed E-state index contributed by atoms with van der Waals surface area (Å²) < 4.78 is 7.20. The van der Waals surface area contributed by atoms with E-state index in [9.17, 15) is 9.90 Å². The van der Waals surface area contributed by atoms with Crippen molar-refractivity contribution in [1.29, 1.82) is 0 Å². The molecule has 0 aliphatic heterocycles. The Morgan fingerprint density at radius 2 is 1.91 bits per heavy atom. The van der Waals surface area contributed by atoms with Gasteiger partial charge in [0.15, 0.2) is 0 Å². The molecule has 0 radical (unpaired) electrons. The molecule has 0 bridgehead atoms. The quantitative estimate of drug-likeness (QED) is 0.894. The molecule has 3 saturated carbocycles. The maximum atomic E-state index is 12.1. The van der Waals surface area contributed by atoms with E-state index in [-0.39, 0.29) is 18.3 Å². The topological polar surface area (TPSA) is 76.4 Å². The van der Waals surface area contributed by atoms with Gasteiger partial charge in [0.05, 0.1) is 11.8 Å². The fourth-order valence-electron chi connectivity index (χ4n) is 3.69. The van der Waals surface area contributed by atoms with Crippen LogP contribution in [0.2, 0.25) is 0 Å². The molecule has 1 amide bonds. The first-order valence-corrected chi connectivity index (χ1v) is 8.84. The first-order valence-electron chi connectivity index (χ1n) is 8.84. The Bertz CT molecular complexity index is 598. The van der Waals surface area contributed by atoms with Crippen LogP contribution in [0.5, 0.6) is 0 Å². The van der Waals surface area contributed by atoms with Crippen molar-refractivity contribution in [3.63, 3.8) is 0 Å². The molecule has 126 valence electrons. The summed E-state index contributed by atoms with van der Waals surface area (Å²) in [5, 5.41) is 17.2. The lowest BCUT2D eigenvalue weighted by molar-refractivity contribution is 0.0622. The average molecular weight is 319 g/mol. The summed E-state index contributed by atoms with van der Waals surface area (Å²) in [5.74, 6) is 1.59. The molecule has 1 aromatic heterocycles. The van der Waals surface area contributed by atoms with Crippen molar-refractivity contribution in [1.82, 2.24) is 9.78 Å². The highest BCUT2D eigenvalue weighted by Crippen LogP contribution is 2.47. The number of hydrogen-bond donors (Lipinski definition) is 2. The summed E-state index contributed by atoms with van der Waals surface area (Å²) in [6.45, 7) is 0. The average Bonchev–Trinajstić information content (AvgIpc) is 2.67. The molecule has 0 unspecified atom stereocenters. The number of amides is 1. The van der Waals surface area contributed by atoms with Crippen molar-refractivity contribution < 1.29 is 14.6 Å². The van der Waals surface area contributed by atoms with Crippen LogP contribution in [0.15, 0.2) is 0 Å². The second kappa shape index (κ2) is 5.82. The van der Waals surface area contributed by atoms with Gasteiger partial charge in [-0.2, -0.15) is 5.10 Å². The van der Waals surface area contributed by atoms with Crippen molar-refractivity contribution in [2.24, 2.45) is 7.05 Å². The van der Waals surface area contributed by atoms with Gasteiger partial charge in [-0.25, -0.2) is 4.79 Å². The van der Waals surface area contributed by atoms with Gasteiger partial charge in [0.2, 0.25) is 0 Å². The van der Waals surface area contributed by atoms with Crippen molar-refractivity contribution >= 4 is 11.9 Å². The molecular formula is C17H25N3O3. The number of aromatic nitrogens is 2. The SMILES string of the molecule is Cn1nc(C2CC(O)C2)c(C2CCC2)c1NC(=O)OC1CCC1. The van der Waals surface area contributed by atoms with Gasteiger partial charge in [-0.1, -0.05) is 6.42 Å². The van der Waals surface area contributed by atoms with E-state index in [0.717, 1.165) is 56.5 Å². The molecule has 0 saturated heterocycles. The number of carbonyl (C=O) groups is 1. The Kier molecular flexibility index (Phi) is 3.79. The normalized spacial score (nSPS) is 27.7. The Morgan fingerprint density at radius 3 is 2.43 bits per heavy atom. The van der Waals surface area contributed by atoms with E-state index in [1.807, 2.05) is 7.05 Å². The smallest absolute Gasteiger partial charge is 0.413 e. The molecule has 0 aromatic carbocycles. The molecule has 1 heterocycles. The molecule has 4 rings (SSSR count). The summed E-state index contributed by atoms with van der Waals surface area (Å²) in [4.78, 5) is 12.1. The number of nitrogens with zero attached hydrogens (tertiary/aromatic N) is 2. The lowest BCUT2D eigenvalue weighted by Gasteiger charge is -2.33. The van der Waals surface area contributed by atoms with E-state index in [1.165, 1.54) is 12.0 Å². The second-order valence-electron chi connectivity index (χ2n) is 7.30. The molecule has 0 atom stereocenters. The van der Waals surface area contributed by atoms with Gasteiger partial charge in [0.1, 0.15) is 11.9 Å². The highest BCUT2D eigenvalue weighted by molar-refractivity contribution is 5.85. The van der Waals surface area contributed by atoms with E-state index in [4.69, 9.17) is 4.74 Å². The minimum atomic E-state index is -0.363. The van der Waals surface area contributed by atoms with Gasteiger partial charge in [0.25, 0.3) is 0 Å². The van der Waals surface area contributed by atoms with Crippen LogP contribution in [-0.4, -0.2) is 33.2 Å². The van der Waals surface area contributed by atoms with E-state index >= 15 is 0 Å². The first kappa shape index (κ1) is 15.0. The van der Waals surface area contributed by atoms with Gasteiger partial charge in [0, 0.05) is 18.5 Å². The number of ether oxygens (including phenoxy) is 1. The van der Waals surface area contributed by atoms with Gasteiger partial charge >= 0.3 is 6.09 Å². The third-order valence-electron chi connectivity index (χ3n) is 5.67. The number of anilines is 1. The van der Waals surface area contributed by atoms with Crippen LogP contribution in [0.1, 0.15) is 74.5 Å². The summed E-state index contributed by atoms with van der Waals surface area (Å²) in [6.07, 6.45) is 7.71. The standard InChI is InChI=1S/C17H25N3O3/c1-20-16(18-17(22)23-13-6-3-7-13)14(10-4-2-5-10)15(19-20)11-8-12(21)9-11/h10-13,21H,2-9H2,1H3,(H,18,22). The van der Waals surface area contributed by atoms with Crippen LogP contribution in [0.4, 0.5) is 10.6 Å². The van der Waals surface area contributed by atoms with Crippen LogP contribution in [0.3, 0.4) is 0 Å².